The average molecular weight is 221 g/mol. The first-order valence-corrected chi connectivity index (χ1v) is 4.74. The van der Waals surface area contributed by atoms with Crippen molar-refractivity contribution < 1.29 is 4.39 Å². The van der Waals surface area contributed by atoms with Gasteiger partial charge in [0.15, 0.2) is 0 Å². The molecule has 5 heteroatoms. The van der Waals surface area contributed by atoms with Crippen molar-refractivity contribution in [1.82, 2.24) is 15.0 Å². The molecule has 0 aliphatic rings. The number of aromatic amines is 1. The second-order valence-corrected chi connectivity index (χ2v) is 3.49. The summed E-state index contributed by atoms with van der Waals surface area (Å²) in [5, 5.41) is 0. The summed E-state index contributed by atoms with van der Waals surface area (Å²) >= 11 is 5.03. The molecular formula is C10H8FN3S. The number of nitrogens with zero attached hydrogens (tertiary/aromatic N) is 2. The van der Waals surface area contributed by atoms with Gasteiger partial charge in [0, 0.05) is 17.3 Å². The second-order valence-electron chi connectivity index (χ2n) is 3.10. The van der Waals surface area contributed by atoms with Crippen molar-refractivity contribution in [1.29, 1.82) is 0 Å². The van der Waals surface area contributed by atoms with Crippen LogP contribution in [0.1, 0.15) is 5.56 Å². The third kappa shape index (κ3) is 1.92. The van der Waals surface area contributed by atoms with Gasteiger partial charge in [-0.2, -0.15) is 0 Å². The predicted molar refractivity (Wildman–Crippen MR) is 57.3 cm³/mol. The number of hydrogen-bond donors (Lipinski definition) is 1. The van der Waals surface area contributed by atoms with Gasteiger partial charge < -0.3 is 4.98 Å². The Morgan fingerprint density at radius 2 is 2.20 bits per heavy atom. The van der Waals surface area contributed by atoms with Crippen LogP contribution < -0.4 is 0 Å². The van der Waals surface area contributed by atoms with Crippen molar-refractivity contribution in [3.05, 3.63) is 40.8 Å². The van der Waals surface area contributed by atoms with Crippen LogP contribution in [-0.4, -0.2) is 15.0 Å². The van der Waals surface area contributed by atoms with Crippen LogP contribution >= 0.6 is 12.2 Å². The van der Waals surface area contributed by atoms with Gasteiger partial charge in [-0.1, -0.05) is 12.2 Å². The lowest BCUT2D eigenvalue weighted by Crippen LogP contribution is -1.92. The standard InChI is InChI=1S/C10H8FN3S/c1-6-9(13-5-14-10(6)15)7-2-8(11)4-12-3-7/h2-5H,1H3,(H,13,14,15). The fourth-order valence-corrected chi connectivity index (χ4v) is 1.47. The van der Waals surface area contributed by atoms with Crippen LogP contribution in [0.2, 0.25) is 0 Å². The minimum atomic E-state index is -0.372. The molecule has 0 saturated heterocycles. The monoisotopic (exact) mass is 221 g/mol. The number of pyridine rings is 1. The quantitative estimate of drug-likeness (QED) is 0.753. The van der Waals surface area contributed by atoms with Gasteiger partial charge in [-0.15, -0.1) is 0 Å². The van der Waals surface area contributed by atoms with Crippen LogP contribution in [0.5, 0.6) is 0 Å². The van der Waals surface area contributed by atoms with Gasteiger partial charge in [-0.3, -0.25) is 4.98 Å². The molecule has 2 aromatic rings. The lowest BCUT2D eigenvalue weighted by atomic mass is 10.1. The Balaban J connectivity index is 2.64. The Kier molecular flexibility index (Phi) is 2.55. The highest BCUT2D eigenvalue weighted by molar-refractivity contribution is 7.71. The zero-order valence-electron chi connectivity index (χ0n) is 7.99. The summed E-state index contributed by atoms with van der Waals surface area (Å²) in [6, 6.07) is 1.40. The molecule has 0 spiro atoms. The Labute approximate surface area is 91.0 Å². The first-order chi connectivity index (χ1) is 7.18. The van der Waals surface area contributed by atoms with Crippen molar-refractivity contribution in [2.45, 2.75) is 6.92 Å². The van der Waals surface area contributed by atoms with Crippen molar-refractivity contribution in [3.63, 3.8) is 0 Å². The van der Waals surface area contributed by atoms with E-state index in [1.54, 1.807) is 6.20 Å². The first-order valence-electron chi connectivity index (χ1n) is 4.33. The van der Waals surface area contributed by atoms with E-state index in [2.05, 4.69) is 15.0 Å². The van der Waals surface area contributed by atoms with Gasteiger partial charge in [-0.05, 0) is 13.0 Å². The van der Waals surface area contributed by atoms with E-state index in [-0.39, 0.29) is 5.82 Å². The van der Waals surface area contributed by atoms with Gasteiger partial charge >= 0.3 is 0 Å². The Bertz CT molecular complexity index is 550. The summed E-state index contributed by atoms with van der Waals surface area (Å²) in [5.41, 5.74) is 2.24. The molecule has 0 bridgehead atoms. The molecule has 0 aromatic carbocycles. The first kappa shape index (κ1) is 9.92. The predicted octanol–water partition coefficient (Wildman–Crippen LogP) is 2.65. The van der Waals surface area contributed by atoms with Crippen molar-refractivity contribution in [2.75, 3.05) is 0 Å². The molecule has 0 fully saturated rings. The summed E-state index contributed by atoms with van der Waals surface area (Å²) in [6.07, 6.45) is 4.24. The lowest BCUT2D eigenvalue weighted by molar-refractivity contribution is 0.622. The maximum absolute atomic E-state index is 13.0. The smallest absolute Gasteiger partial charge is 0.142 e. The van der Waals surface area contributed by atoms with Crippen molar-refractivity contribution in [3.8, 4) is 11.3 Å². The number of H-pyrrole nitrogens is 1. The van der Waals surface area contributed by atoms with E-state index in [0.717, 1.165) is 17.5 Å². The largest absolute Gasteiger partial charge is 0.345 e. The maximum Gasteiger partial charge on any atom is 0.142 e. The number of halogens is 1. The van der Waals surface area contributed by atoms with Crippen molar-refractivity contribution >= 4 is 12.2 Å². The van der Waals surface area contributed by atoms with E-state index in [0.29, 0.717) is 10.2 Å². The van der Waals surface area contributed by atoms with E-state index in [1.807, 2.05) is 6.92 Å². The summed E-state index contributed by atoms with van der Waals surface area (Å²) < 4.78 is 13.5. The van der Waals surface area contributed by atoms with E-state index >= 15 is 0 Å². The Morgan fingerprint density at radius 3 is 2.93 bits per heavy atom. The van der Waals surface area contributed by atoms with Gasteiger partial charge in [-0.25, -0.2) is 9.37 Å². The molecule has 0 atom stereocenters. The molecule has 2 rings (SSSR count). The third-order valence-corrected chi connectivity index (χ3v) is 2.49. The van der Waals surface area contributed by atoms with Gasteiger partial charge in [0.25, 0.3) is 0 Å². The molecule has 1 N–H and O–H groups in total. The highest BCUT2D eigenvalue weighted by Gasteiger charge is 2.04. The van der Waals surface area contributed by atoms with Crippen LogP contribution in [0.25, 0.3) is 11.3 Å². The van der Waals surface area contributed by atoms with Gasteiger partial charge in [0.1, 0.15) is 10.5 Å². The molecule has 76 valence electrons. The maximum atomic E-state index is 13.0. The minimum Gasteiger partial charge on any atom is -0.345 e. The molecule has 0 aliphatic carbocycles. The molecule has 0 saturated carbocycles. The Morgan fingerprint density at radius 1 is 1.40 bits per heavy atom. The van der Waals surface area contributed by atoms with Crippen molar-refractivity contribution in [2.24, 2.45) is 0 Å². The number of nitrogens with one attached hydrogen (secondary N) is 1. The normalized spacial score (nSPS) is 10.3. The third-order valence-electron chi connectivity index (χ3n) is 2.08. The number of aromatic nitrogens is 3. The summed E-state index contributed by atoms with van der Waals surface area (Å²) in [5.74, 6) is -0.372. The van der Waals surface area contributed by atoms with Crippen LogP contribution in [-0.2, 0) is 0 Å². The molecular weight excluding hydrogens is 213 g/mol. The van der Waals surface area contributed by atoms with Crippen LogP contribution in [0, 0.1) is 17.4 Å². The average Bonchev–Trinajstić information content (AvgIpc) is 2.22. The lowest BCUT2D eigenvalue weighted by Gasteiger charge is -2.04. The van der Waals surface area contributed by atoms with E-state index in [1.165, 1.54) is 12.4 Å². The van der Waals surface area contributed by atoms with Crippen LogP contribution in [0.4, 0.5) is 4.39 Å². The molecule has 3 nitrogen and oxygen atoms in total. The topological polar surface area (TPSA) is 41.6 Å². The summed E-state index contributed by atoms with van der Waals surface area (Å²) in [7, 11) is 0. The highest BCUT2D eigenvalue weighted by atomic mass is 32.1. The van der Waals surface area contributed by atoms with E-state index in [9.17, 15) is 4.39 Å². The molecule has 15 heavy (non-hydrogen) atoms. The Hall–Kier alpha value is -1.62. The molecule has 2 aromatic heterocycles. The fourth-order valence-electron chi connectivity index (χ4n) is 1.32. The number of rotatable bonds is 1. The van der Waals surface area contributed by atoms with E-state index in [4.69, 9.17) is 12.2 Å². The minimum absolute atomic E-state index is 0.372. The number of hydrogen-bond acceptors (Lipinski definition) is 3. The highest BCUT2D eigenvalue weighted by Crippen LogP contribution is 2.19. The molecule has 0 aliphatic heterocycles. The zero-order chi connectivity index (χ0) is 10.8. The molecule has 2 heterocycles. The second kappa shape index (κ2) is 3.86. The zero-order valence-corrected chi connectivity index (χ0v) is 8.81. The summed E-state index contributed by atoms with van der Waals surface area (Å²) in [6.45, 7) is 1.84. The van der Waals surface area contributed by atoms with Crippen LogP contribution in [0.3, 0.4) is 0 Å². The SMILES string of the molecule is Cc1c(-c2cncc(F)c2)[nH]cnc1=S. The molecule has 0 amide bonds. The van der Waals surface area contributed by atoms with Gasteiger partial charge in [0.2, 0.25) is 0 Å². The van der Waals surface area contributed by atoms with Gasteiger partial charge in [0.05, 0.1) is 18.2 Å². The molecule has 0 unspecified atom stereocenters. The van der Waals surface area contributed by atoms with E-state index < -0.39 is 0 Å². The van der Waals surface area contributed by atoms with Crippen LogP contribution in [0.15, 0.2) is 24.8 Å². The fraction of sp³-hybridized carbons (Fsp3) is 0.100. The summed E-state index contributed by atoms with van der Waals surface area (Å²) in [4.78, 5) is 10.7. The molecule has 0 radical (unpaired) electrons.